The Hall–Kier alpha value is -0.0800. The molecule has 2 heteroatoms. The number of hydrogen-bond donors (Lipinski definition) is 1. The molecule has 2 nitrogen and oxygen atoms in total. The van der Waals surface area contributed by atoms with Gasteiger partial charge in [0.25, 0.3) is 0 Å². The van der Waals surface area contributed by atoms with Crippen molar-refractivity contribution in [2.24, 2.45) is 11.1 Å². The van der Waals surface area contributed by atoms with Crippen molar-refractivity contribution in [3.63, 3.8) is 0 Å². The van der Waals surface area contributed by atoms with Gasteiger partial charge in [0.1, 0.15) is 0 Å². The summed E-state index contributed by atoms with van der Waals surface area (Å²) >= 11 is 0. The third-order valence-corrected chi connectivity index (χ3v) is 3.92. The quantitative estimate of drug-likeness (QED) is 0.616. The molecule has 1 unspecified atom stereocenters. The van der Waals surface area contributed by atoms with Crippen LogP contribution in [0.3, 0.4) is 0 Å². The summed E-state index contributed by atoms with van der Waals surface area (Å²) in [4.78, 5) is 2.53. The van der Waals surface area contributed by atoms with Crippen molar-refractivity contribution in [3.05, 3.63) is 0 Å². The second-order valence-corrected chi connectivity index (χ2v) is 5.84. The predicted molar refractivity (Wildman–Crippen MR) is 55.6 cm³/mol. The molecule has 1 heterocycles. The molecule has 1 saturated carbocycles. The zero-order valence-electron chi connectivity index (χ0n) is 9.14. The van der Waals surface area contributed by atoms with Gasteiger partial charge in [-0.15, -0.1) is 0 Å². The summed E-state index contributed by atoms with van der Waals surface area (Å²) in [6, 6.07) is 0.431. The van der Waals surface area contributed by atoms with Crippen LogP contribution in [0.2, 0.25) is 0 Å². The van der Waals surface area contributed by atoms with Gasteiger partial charge >= 0.3 is 0 Å². The molecule has 13 heavy (non-hydrogen) atoms. The molecule has 1 aliphatic carbocycles. The van der Waals surface area contributed by atoms with E-state index in [1.165, 1.54) is 25.8 Å². The van der Waals surface area contributed by atoms with Gasteiger partial charge in [-0.1, -0.05) is 0 Å². The minimum atomic E-state index is 0.300. The minimum absolute atomic E-state index is 0.300. The van der Waals surface area contributed by atoms with E-state index in [-0.39, 0.29) is 0 Å². The molecule has 0 aromatic rings. The van der Waals surface area contributed by atoms with Crippen molar-refractivity contribution in [2.75, 3.05) is 13.1 Å². The minimum Gasteiger partial charge on any atom is -0.326 e. The molecule has 0 bridgehead atoms. The number of rotatable bonds is 0. The standard InChI is InChI=1S/C11H22N2/c1-10(2,3)13-7-6-11(4-5-11)9(12)8-13/h9H,4-8,12H2,1-3H3. The van der Waals surface area contributed by atoms with Gasteiger partial charge < -0.3 is 5.73 Å². The Balaban J connectivity index is 1.99. The summed E-state index contributed by atoms with van der Waals surface area (Å²) in [6.07, 6.45) is 4.09. The first kappa shape index (κ1) is 9.47. The molecular weight excluding hydrogens is 160 g/mol. The van der Waals surface area contributed by atoms with E-state index < -0.39 is 0 Å². The molecule has 1 aliphatic heterocycles. The van der Waals surface area contributed by atoms with Crippen LogP contribution < -0.4 is 5.73 Å². The lowest BCUT2D eigenvalue weighted by atomic mass is 9.86. The molecule has 2 N–H and O–H groups in total. The monoisotopic (exact) mass is 182 g/mol. The van der Waals surface area contributed by atoms with Crippen molar-refractivity contribution in [2.45, 2.75) is 51.6 Å². The summed E-state index contributed by atoms with van der Waals surface area (Å²) in [5.74, 6) is 0. The van der Waals surface area contributed by atoms with E-state index in [1.54, 1.807) is 0 Å². The highest BCUT2D eigenvalue weighted by atomic mass is 15.2. The Labute approximate surface area is 81.5 Å². The second kappa shape index (κ2) is 2.71. The molecule has 2 rings (SSSR count). The van der Waals surface area contributed by atoms with Gasteiger partial charge in [0.15, 0.2) is 0 Å². The SMILES string of the molecule is CC(C)(C)N1CCC2(CC2)C(N)C1. The maximum atomic E-state index is 6.22. The van der Waals surface area contributed by atoms with Crippen LogP contribution in [-0.2, 0) is 0 Å². The molecule has 0 radical (unpaired) electrons. The van der Waals surface area contributed by atoms with Crippen LogP contribution in [0.25, 0.3) is 0 Å². The van der Waals surface area contributed by atoms with Crippen molar-refractivity contribution in [1.82, 2.24) is 4.90 Å². The average Bonchev–Trinajstić information content (AvgIpc) is 2.74. The van der Waals surface area contributed by atoms with Crippen molar-refractivity contribution in [3.8, 4) is 0 Å². The molecule has 1 saturated heterocycles. The molecule has 1 atom stereocenters. The van der Waals surface area contributed by atoms with Crippen LogP contribution in [-0.4, -0.2) is 29.6 Å². The first-order chi connectivity index (χ1) is 5.94. The van der Waals surface area contributed by atoms with Crippen LogP contribution in [0.1, 0.15) is 40.0 Å². The first-order valence-corrected chi connectivity index (χ1v) is 5.45. The Morgan fingerprint density at radius 3 is 2.23 bits per heavy atom. The molecule has 0 aromatic carbocycles. The summed E-state index contributed by atoms with van der Waals surface area (Å²) in [5.41, 5.74) is 7.09. The lowest BCUT2D eigenvalue weighted by Crippen LogP contribution is -2.55. The fraction of sp³-hybridized carbons (Fsp3) is 1.00. The zero-order chi connectivity index (χ0) is 9.69. The fourth-order valence-electron chi connectivity index (χ4n) is 2.46. The topological polar surface area (TPSA) is 29.3 Å². The summed E-state index contributed by atoms with van der Waals surface area (Å²) in [6.45, 7) is 9.19. The third-order valence-electron chi connectivity index (χ3n) is 3.92. The highest BCUT2D eigenvalue weighted by Gasteiger charge is 2.51. The van der Waals surface area contributed by atoms with Crippen LogP contribution in [0, 0.1) is 5.41 Å². The van der Waals surface area contributed by atoms with Gasteiger partial charge in [0, 0.05) is 18.1 Å². The van der Waals surface area contributed by atoms with E-state index in [0.29, 0.717) is 17.0 Å². The number of likely N-dealkylation sites (tertiary alicyclic amines) is 1. The van der Waals surface area contributed by atoms with Crippen molar-refractivity contribution >= 4 is 0 Å². The van der Waals surface area contributed by atoms with E-state index in [1.807, 2.05) is 0 Å². The van der Waals surface area contributed by atoms with E-state index in [0.717, 1.165) is 6.54 Å². The lowest BCUT2D eigenvalue weighted by Gasteiger charge is -2.44. The first-order valence-electron chi connectivity index (χ1n) is 5.45. The summed E-state index contributed by atoms with van der Waals surface area (Å²) < 4.78 is 0. The Morgan fingerprint density at radius 1 is 1.23 bits per heavy atom. The van der Waals surface area contributed by atoms with Crippen LogP contribution >= 0.6 is 0 Å². The Kier molecular flexibility index (Phi) is 1.97. The Morgan fingerprint density at radius 2 is 1.85 bits per heavy atom. The van der Waals surface area contributed by atoms with Gasteiger partial charge in [-0.25, -0.2) is 0 Å². The molecule has 2 fully saturated rings. The molecule has 0 amide bonds. The smallest absolute Gasteiger partial charge is 0.0225 e. The average molecular weight is 182 g/mol. The number of piperidine rings is 1. The molecule has 0 aromatic heterocycles. The van der Waals surface area contributed by atoms with Gasteiger partial charge in [-0.3, -0.25) is 4.90 Å². The predicted octanol–water partition coefficient (Wildman–Crippen LogP) is 1.60. The zero-order valence-corrected chi connectivity index (χ0v) is 9.14. The fourth-order valence-corrected chi connectivity index (χ4v) is 2.46. The lowest BCUT2D eigenvalue weighted by molar-refractivity contribution is 0.0658. The third kappa shape index (κ3) is 1.62. The highest BCUT2D eigenvalue weighted by molar-refractivity contribution is 5.06. The van der Waals surface area contributed by atoms with E-state index in [4.69, 9.17) is 5.73 Å². The largest absolute Gasteiger partial charge is 0.326 e. The maximum Gasteiger partial charge on any atom is 0.0225 e. The normalized spacial score (nSPS) is 33.7. The van der Waals surface area contributed by atoms with Gasteiger partial charge in [-0.2, -0.15) is 0 Å². The van der Waals surface area contributed by atoms with Crippen LogP contribution in [0.15, 0.2) is 0 Å². The Bertz CT molecular complexity index is 201. The summed E-state index contributed by atoms with van der Waals surface area (Å²) in [7, 11) is 0. The van der Waals surface area contributed by atoms with Crippen molar-refractivity contribution in [1.29, 1.82) is 0 Å². The van der Waals surface area contributed by atoms with E-state index >= 15 is 0 Å². The molecule has 1 spiro atoms. The summed E-state index contributed by atoms with van der Waals surface area (Å²) in [5, 5.41) is 0. The molecule has 2 aliphatic rings. The molecular formula is C11H22N2. The highest BCUT2D eigenvalue weighted by Crippen LogP contribution is 2.53. The van der Waals surface area contributed by atoms with Gasteiger partial charge in [-0.05, 0) is 52.0 Å². The van der Waals surface area contributed by atoms with E-state index in [9.17, 15) is 0 Å². The van der Waals surface area contributed by atoms with Crippen LogP contribution in [0.5, 0.6) is 0 Å². The second-order valence-electron chi connectivity index (χ2n) is 5.84. The van der Waals surface area contributed by atoms with Crippen LogP contribution in [0.4, 0.5) is 0 Å². The van der Waals surface area contributed by atoms with Gasteiger partial charge in [0.05, 0.1) is 0 Å². The van der Waals surface area contributed by atoms with E-state index in [2.05, 4.69) is 25.7 Å². The maximum absolute atomic E-state index is 6.22. The van der Waals surface area contributed by atoms with Crippen molar-refractivity contribution < 1.29 is 0 Å². The number of hydrogen-bond acceptors (Lipinski definition) is 2. The van der Waals surface area contributed by atoms with Gasteiger partial charge in [0.2, 0.25) is 0 Å². The number of nitrogens with zero attached hydrogens (tertiary/aromatic N) is 1. The number of nitrogens with two attached hydrogens (primary N) is 1. The molecule has 76 valence electrons.